The van der Waals surface area contributed by atoms with E-state index in [0.717, 1.165) is 59.4 Å². The third-order valence-electron chi connectivity index (χ3n) is 5.97. The van der Waals surface area contributed by atoms with Gasteiger partial charge in [-0.1, -0.05) is 24.2 Å². The maximum absolute atomic E-state index is 12.9. The maximum Gasteiger partial charge on any atom is 0.150 e. The fraction of sp³-hybridized carbons (Fsp3) is 0.476. The van der Waals surface area contributed by atoms with Crippen LogP contribution in [-0.4, -0.2) is 16.7 Å². The molecule has 2 saturated carbocycles. The summed E-state index contributed by atoms with van der Waals surface area (Å²) in [6.45, 7) is 5.87. The number of aromatic nitrogens is 1. The van der Waals surface area contributed by atoms with Crippen LogP contribution in [0.3, 0.4) is 0 Å². The number of carbonyl (C=O) groups excluding carboxylic acids is 2. The van der Waals surface area contributed by atoms with E-state index in [2.05, 4.69) is 12.1 Å². The second-order valence-corrected chi connectivity index (χ2v) is 7.41. The van der Waals surface area contributed by atoms with Crippen molar-refractivity contribution in [3.8, 4) is 11.1 Å². The molecule has 1 aromatic heterocycles. The Kier molecular flexibility index (Phi) is 3.86. The van der Waals surface area contributed by atoms with Gasteiger partial charge in [-0.25, -0.2) is 0 Å². The Morgan fingerprint density at radius 1 is 1.12 bits per heavy atom. The zero-order valence-corrected chi connectivity index (χ0v) is 15.0. The molecule has 1 unspecified atom stereocenters. The van der Waals surface area contributed by atoms with Gasteiger partial charge < -0.3 is 4.52 Å². The van der Waals surface area contributed by atoms with Crippen LogP contribution in [0.25, 0.3) is 11.1 Å². The van der Waals surface area contributed by atoms with Crippen molar-refractivity contribution in [3.63, 3.8) is 0 Å². The highest BCUT2D eigenvalue weighted by Crippen LogP contribution is 2.45. The van der Waals surface area contributed by atoms with Crippen LogP contribution in [0.2, 0.25) is 0 Å². The molecule has 0 spiro atoms. The van der Waals surface area contributed by atoms with Crippen molar-refractivity contribution >= 4 is 11.6 Å². The van der Waals surface area contributed by atoms with Gasteiger partial charge in [0.2, 0.25) is 0 Å². The molecule has 2 aliphatic carbocycles. The number of aryl methyl sites for hydroxylation is 3. The highest BCUT2D eigenvalue weighted by Gasteiger charge is 2.47. The van der Waals surface area contributed by atoms with E-state index >= 15 is 0 Å². The van der Waals surface area contributed by atoms with Gasteiger partial charge in [0.15, 0.2) is 11.6 Å². The molecule has 2 aliphatic rings. The summed E-state index contributed by atoms with van der Waals surface area (Å²) < 4.78 is 5.29. The average Bonchev–Trinajstić information content (AvgIpc) is 3.19. The van der Waals surface area contributed by atoms with E-state index in [1.54, 1.807) is 0 Å². The summed E-state index contributed by atoms with van der Waals surface area (Å²) in [5, 5.41) is 4.03. The standard InChI is InChI=1S/C21H23NO3/c1-4-13-5-6-14(18-11(2)22-25-12(18)3)10-17(13)19-20(23)15-7-8-16(9-15)21(19)24/h5-6,10,15-16,19H,4,7-9H2,1-3H3/t15-,16+,19?. The SMILES string of the molecule is CCc1ccc(-c2c(C)noc2C)cc1C1C(=O)[C@@H]2CC[C@@H](C2)C1=O. The molecule has 0 aliphatic heterocycles. The summed E-state index contributed by atoms with van der Waals surface area (Å²) in [5.74, 6) is 0.574. The first-order valence-electron chi connectivity index (χ1n) is 9.14. The van der Waals surface area contributed by atoms with Gasteiger partial charge in [-0.05, 0) is 62.3 Å². The minimum absolute atomic E-state index is 0.0696. The zero-order chi connectivity index (χ0) is 17.7. The minimum Gasteiger partial charge on any atom is -0.361 e. The first-order chi connectivity index (χ1) is 12.0. The summed E-state index contributed by atoms with van der Waals surface area (Å²) in [6.07, 6.45) is 3.32. The van der Waals surface area contributed by atoms with Gasteiger partial charge in [-0.3, -0.25) is 9.59 Å². The van der Waals surface area contributed by atoms with Gasteiger partial charge in [0.25, 0.3) is 0 Å². The van der Waals surface area contributed by atoms with E-state index in [4.69, 9.17) is 4.52 Å². The second-order valence-electron chi connectivity index (χ2n) is 7.41. The molecule has 25 heavy (non-hydrogen) atoms. The van der Waals surface area contributed by atoms with Gasteiger partial charge in [0, 0.05) is 17.4 Å². The van der Waals surface area contributed by atoms with Crippen LogP contribution >= 0.6 is 0 Å². The zero-order valence-electron chi connectivity index (χ0n) is 15.0. The topological polar surface area (TPSA) is 60.2 Å². The van der Waals surface area contributed by atoms with Crippen LogP contribution in [0.5, 0.6) is 0 Å². The molecule has 4 nitrogen and oxygen atoms in total. The molecule has 130 valence electrons. The van der Waals surface area contributed by atoms with Crippen LogP contribution < -0.4 is 0 Å². The quantitative estimate of drug-likeness (QED) is 0.789. The van der Waals surface area contributed by atoms with Crippen molar-refractivity contribution in [2.24, 2.45) is 11.8 Å². The van der Waals surface area contributed by atoms with Gasteiger partial charge in [-0.15, -0.1) is 0 Å². The van der Waals surface area contributed by atoms with Crippen LogP contribution in [0, 0.1) is 25.7 Å². The molecule has 0 radical (unpaired) electrons. The van der Waals surface area contributed by atoms with Crippen LogP contribution in [0.4, 0.5) is 0 Å². The lowest BCUT2D eigenvalue weighted by atomic mass is 9.73. The highest BCUT2D eigenvalue weighted by molar-refractivity contribution is 6.12. The lowest BCUT2D eigenvalue weighted by molar-refractivity contribution is -0.135. The molecule has 4 rings (SSSR count). The van der Waals surface area contributed by atoms with Gasteiger partial charge in [0.1, 0.15) is 11.7 Å². The molecule has 2 aromatic rings. The predicted molar refractivity (Wildman–Crippen MR) is 94.4 cm³/mol. The lowest BCUT2D eigenvalue weighted by Gasteiger charge is -2.27. The number of hydrogen-bond donors (Lipinski definition) is 0. The monoisotopic (exact) mass is 337 g/mol. The molecule has 1 heterocycles. The smallest absolute Gasteiger partial charge is 0.150 e. The van der Waals surface area contributed by atoms with Crippen molar-refractivity contribution in [2.45, 2.75) is 52.4 Å². The van der Waals surface area contributed by atoms with E-state index in [-0.39, 0.29) is 23.4 Å². The minimum atomic E-state index is -0.582. The fourth-order valence-corrected chi connectivity index (χ4v) is 4.65. The first-order valence-corrected chi connectivity index (χ1v) is 9.14. The van der Waals surface area contributed by atoms with E-state index in [1.807, 2.05) is 32.0 Å². The maximum atomic E-state index is 12.9. The van der Waals surface area contributed by atoms with Crippen LogP contribution in [-0.2, 0) is 16.0 Å². The Morgan fingerprint density at radius 2 is 1.80 bits per heavy atom. The number of carbonyl (C=O) groups is 2. The molecule has 3 atom stereocenters. The summed E-state index contributed by atoms with van der Waals surface area (Å²) in [6, 6.07) is 6.12. The van der Waals surface area contributed by atoms with Crippen molar-refractivity contribution in [2.75, 3.05) is 0 Å². The van der Waals surface area contributed by atoms with E-state index < -0.39 is 5.92 Å². The van der Waals surface area contributed by atoms with Crippen molar-refractivity contribution in [1.82, 2.24) is 5.16 Å². The van der Waals surface area contributed by atoms with E-state index in [1.165, 1.54) is 0 Å². The molecule has 0 N–H and O–H groups in total. The number of ketones is 2. The summed E-state index contributed by atoms with van der Waals surface area (Å²) in [4.78, 5) is 25.9. The fourth-order valence-electron chi connectivity index (χ4n) is 4.65. The number of Topliss-reactive ketones (excluding diaryl/α,β-unsaturated/α-hetero) is 2. The van der Waals surface area contributed by atoms with Crippen molar-refractivity contribution < 1.29 is 14.1 Å². The molecule has 0 saturated heterocycles. The normalized spacial score (nSPS) is 25.6. The predicted octanol–water partition coefficient (Wildman–Crippen LogP) is 4.17. The van der Waals surface area contributed by atoms with Crippen molar-refractivity contribution in [3.05, 3.63) is 40.8 Å². The van der Waals surface area contributed by atoms with E-state index in [0.29, 0.717) is 0 Å². The molecular formula is C21H23NO3. The van der Waals surface area contributed by atoms with Crippen LogP contribution in [0.15, 0.2) is 22.7 Å². The Balaban J connectivity index is 1.85. The summed E-state index contributed by atoms with van der Waals surface area (Å²) in [7, 11) is 0. The number of rotatable bonds is 3. The Morgan fingerprint density at radius 3 is 2.36 bits per heavy atom. The van der Waals surface area contributed by atoms with E-state index in [9.17, 15) is 9.59 Å². The Bertz CT molecular complexity index is 823. The number of hydrogen-bond acceptors (Lipinski definition) is 4. The first kappa shape index (κ1) is 16.2. The van der Waals surface area contributed by atoms with Crippen molar-refractivity contribution in [1.29, 1.82) is 0 Å². The number of benzene rings is 1. The molecule has 2 fully saturated rings. The summed E-state index contributed by atoms with van der Waals surface area (Å²) >= 11 is 0. The van der Waals surface area contributed by atoms with Crippen LogP contribution in [0.1, 0.15) is 54.7 Å². The van der Waals surface area contributed by atoms with Gasteiger partial charge in [-0.2, -0.15) is 0 Å². The average molecular weight is 337 g/mol. The Labute approximate surface area is 147 Å². The number of fused-ring (bicyclic) bond motifs is 2. The molecular weight excluding hydrogens is 314 g/mol. The molecule has 2 bridgehead atoms. The highest BCUT2D eigenvalue weighted by atomic mass is 16.5. The van der Waals surface area contributed by atoms with Gasteiger partial charge in [0.05, 0.1) is 5.69 Å². The third kappa shape index (κ3) is 2.46. The Hall–Kier alpha value is -2.23. The molecule has 4 heteroatoms. The number of nitrogens with zero attached hydrogens (tertiary/aromatic N) is 1. The summed E-state index contributed by atoms with van der Waals surface area (Å²) in [5.41, 5.74) is 4.74. The molecule has 1 aromatic carbocycles. The second kappa shape index (κ2) is 5.94. The molecule has 0 amide bonds. The largest absolute Gasteiger partial charge is 0.361 e. The van der Waals surface area contributed by atoms with Gasteiger partial charge >= 0.3 is 0 Å². The third-order valence-corrected chi connectivity index (χ3v) is 5.97. The lowest BCUT2D eigenvalue weighted by Crippen LogP contribution is -2.35.